The molecular formula is C16H22CrO4Si. The van der Waals surface area contributed by atoms with Crippen LogP contribution in [0.5, 0.6) is 0 Å². The van der Waals surface area contributed by atoms with Gasteiger partial charge in [-0.3, -0.25) is 0 Å². The maximum Gasteiger partial charge on any atom is 0 e. The standard InChI is InChI=1S/C13H22OSi.3CO.Cr/c1-13(2,3)15(4,5)14-12-10-8-6-7-9-11-12;3*1-2;/h6-12H,1-5H3;;;;. The van der Waals surface area contributed by atoms with Gasteiger partial charge in [0.05, 0.1) is 6.10 Å². The third-order valence-corrected chi connectivity index (χ3v) is 7.65. The van der Waals surface area contributed by atoms with E-state index in [4.69, 9.17) is 18.4 Å². The van der Waals surface area contributed by atoms with E-state index in [1.165, 1.54) is 0 Å². The fourth-order valence-corrected chi connectivity index (χ4v) is 2.33. The molecular weight excluding hydrogens is 336 g/mol. The summed E-state index contributed by atoms with van der Waals surface area (Å²) in [6.07, 6.45) is 12.5. The molecule has 1 rings (SSSR count). The van der Waals surface area contributed by atoms with E-state index in [2.05, 4.69) is 78.1 Å². The van der Waals surface area contributed by atoms with Gasteiger partial charge in [-0.15, -0.1) is 0 Å². The van der Waals surface area contributed by atoms with Gasteiger partial charge in [-0.1, -0.05) is 57.2 Å². The molecule has 0 saturated carbocycles. The van der Waals surface area contributed by atoms with Crippen molar-refractivity contribution in [3.05, 3.63) is 56.4 Å². The van der Waals surface area contributed by atoms with Crippen LogP contribution in [-0.2, 0) is 35.7 Å². The van der Waals surface area contributed by atoms with Gasteiger partial charge < -0.3 is 4.43 Å². The van der Waals surface area contributed by atoms with E-state index in [0.717, 1.165) is 0 Å². The predicted octanol–water partition coefficient (Wildman–Crippen LogP) is 3.94. The fourth-order valence-electron chi connectivity index (χ4n) is 1.14. The van der Waals surface area contributed by atoms with Crippen LogP contribution in [0.4, 0.5) is 0 Å². The second-order valence-electron chi connectivity index (χ2n) is 5.50. The first-order valence-corrected chi connectivity index (χ1v) is 9.04. The van der Waals surface area contributed by atoms with Crippen LogP contribution in [0.15, 0.2) is 36.5 Å². The minimum absolute atomic E-state index is 0. The van der Waals surface area contributed by atoms with Gasteiger partial charge >= 0.3 is 33.9 Å². The molecule has 0 saturated heterocycles. The van der Waals surface area contributed by atoms with Crippen molar-refractivity contribution in [1.82, 2.24) is 0 Å². The molecule has 0 spiro atoms. The van der Waals surface area contributed by atoms with Gasteiger partial charge in [0.1, 0.15) is 0 Å². The normalized spacial score (nSPS) is 12.7. The Kier molecular flexibility index (Phi) is 21.9. The summed E-state index contributed by atoms with van der Waals surface area (Å²) < 4.78 is 28.7. The van der Waals surface area contributed by atoms with Crippen LogP contribution in [0, 0.1) is 20.0 Å². The topological polar surface area (TPSA) is 68.9 Å². The molecule has 0 atom stereocenters. The minimum Gasteiger partial charge on any atom is 0 e. The van der Waals surface area contributed by atoms with Gasteiger partial charge in [0.25, 0.3) is 0 Å². The third-order valence-electron chi connectivity index (χ3n) is 3.17. The Hall–Kier alpha value is -0.851. The average Bonchev–Trinajstić information content (AvgIpc) is 2.72. The van der Waals surface area contributed by atoms with Crippen molar-refractivity contribution in [2.24, 2.45) is 0 Å². The molecule has 0 unspecified atom stereocenters. The summed E-state index contributed by atoms with van der Waals surface area (Å²) in [4.78, 5) is 0. The van der Waals surface area contributed by atoms with E-state index in [0.29, 0.717) is 0 Å². The van der Waals surface area contributed by atoms with Crippen LogP contribution in [-0.4, -0.2) is 14.4 Å². The third kappa shape index (κ3) is 12.9. The van der Waals surface area contributed by atoms with E-state index in [9.17, 15) is 0 Å². The molecule has 120 valence electrons. The molecule has 0 fully saturated rings. The first-order valence-electron chi connectivity index (χ1n) is 6.14. The molecule has 22 heavy (non-hydrogen) atoms. The maximum absolute atomic E-state index is 7.50. The fraction of sp³-hybridized carbons (Fsp3) is 0.438. The number of hydrogen-bond acceptors (Lipinski definition) is 1. The zero-order valence-electron chi connectivity index (χ0n) is 13.6. The smallest absolute Gasteiger partial charge is 0 e. The molecule has 0 N–H and O–H groups in total. The quantitative estimate of drug-likeness (QED) is 0.419. The Morgan fingerprint density at radius 2 is 1.14 bits per heavy atom. The maximum atomic E-state index is 7.50. The Balaban J connectivity index is -0.000000206. The van der Waals surface area contributed by atoms with Crippen LogP contribution in [0.1, 0.15) is 20.8 Å². The van der Waals surface area contributed by atoms with E-state index in [-0.39, 0.29) is 28.5 Å². The molecule has 0 aromatic rings. The van der Waals surface area contributed by atoms with E-state index in [1.807, 2.05) is 12.2 Å². The molecule has 0 amide bonds. The molecule has 6 heteroatoms. The molecule has 0 heterocycles. The molecule has 1 aliphatic rings. The Morgan fingerprint density at radius 3 is 1.41 bits per heavy atom. The van der Waals surface area contributed by atoms with Gasteiger partial charge in [0.15, 0.2) is 8.32 Å². The Morgan fingerprint density at radius 1 is 0.818 bits per heavy atom. The van der Waals surface area contributed by atoms with Gasteiger partial charge in [-0.05, 0) is 18.1 Å². The second kappa shape index (κ2) is 16.5. The molecule has 0 radical (unpaired) electrons. The number of allylic oxidation sites excluding steroid dienone is 4. The molecule has 0 aliphatic heterocycles. The molecule has 0 bridgehead atoms. The molecule has 4 nitrogen and oxygen atoms in total. The van der Waals surface area contributed by atoms with Crippen molar-refractivity contribution in [3.63, 3.8) is 0 Å². The summed E-state index contributed by atoms with van der Waals surface area (Å²) in [7, 11) is -1.64. The van der Waals surface area contributed by atoms with Crippen molar-refractivity contribution in [3.8, 4) is 0 Å². The average molecular weight is 358 g/mol. The van der Waals surface area contributed by atoms with Crippen molar-refractivity contribution in [2.75, 3.05) is 0 Å². The Bertz CT molecular complexity index is 382. The van der Waals surface area contributed by atoms with Crippen LogP contribution in [0.25, 0.3) is 0 Å². The zero-order chi connectivity index (χ0) is 17.5. The van der Waals surface area contributed by atoms with Crippen LogP contribution in [0.3, 0.4) is 0 Å². The minimum atomic E-state index is -1.64. The summed E-state index contributed by atoms with van der Waals surface area (Å²) in [5.41, 5.74) is 0. The summed E-state index contributed by atoms with van der Waals surface area (Å²) in [5.74, 6) is 0. The first-order chi connectivity index (χ1) is 9.83. The summed E-state index contributed by atoms with van der Waals surface area (Å²) >= 11 is 0. The van der Waals surface area contributed by atoms with Crippen LogP contribution >= 0.6 is 0 Å². The van der Waals surface area contributed by atoms with Gasteiger partial charge in [0.2, 0.25) is 0 Å². The predicted molar refractivity (Wildman–Crippen MR) is 81.3 cm³/mol. The van der Waals surface area contributed by atoms with Gasteiger partial charge in [-0.2, -0.15) is 0 Å². The number of hydrogen-bond donors (Lipinski definition) is 0. The van der Waals surface area contributed by atoms with E-state index in [1.54, 1.807) is 0 Å². The van der Waals surface area contributed by atoms with Crippen molar-refractivity contribution in [1.29, 1.82) is 0 Å². The summed E-state index contributed by atoms with van der Waals surface area (Å²) in [6.45, 7) is 24.9. The molecule has 0 aromatic carbocycles. The zero-order valence-corrected chi connectivity index (χ0v) is 15.9. The second-order valence-corrected chi connectivity index (χ2v) is 10.3. The van der Waals surface area contributed by atoms with Crippen LogP contribution in [0.2, 0.25) is 18.1 Å². The number of rotatable bonds is 2. The van der Waals surface area contributed by atoms with E-state index < -0.39 is 8.32 Å². The van der Waals surface area contributed by atoms with Crippen LogP contribution < -0.4 is 0 Å². The summed E-state index contributed by atoms with van der Waals surface area (Å²) in [5, 5.41) is 0.272. The first kappa shape index (κ1) is 29.2. The van der Waals surface area contributed by atoms with Crippen molar-refractivity contribution in [2.45, 2.75) is 45.0 Å². The van der Waals surface area contributed by atoms with Gasteiger partial charge in [-0.25, -0.2) is 0 Å². The van der Waals surface area contributed by atoms with E-state index >= 15 is 0 Å². The van der Waals surface area contributed by atoms with Crippen molar-refractivity contribution >= 4 is 8.32 Å². The Labute approximate surface area is 145 Å². The molecule has 1 aliphatic carbocycles. The SMILES string of the molecule is CC(C)(C)[Si](C)(C)OC1C=CC=CC=C1.[C-]#[O+].[C-]#[O+].[C-]#[O+].[Cr]. The summed E-state index contributed by atoms with van der Waals surface area (Å²) in [6, 6.07) is 0. The van der Waals surface area contributed by atoms with Gasteiger partial charge in [0, 0.05) is 17.4 Å². The largest absolute Gasteiger partial charge is 0 e. The molecule has 0 aromatic heterocycles. The monoisotopic (exact) mass is 358 g/mol. The van der Waals surface area contributed by atoms with Crippen molar-refractivity contribution < 1.29 is 35.7 Å².